The first-order valence-electron chi connectivity index (χ1n) is 7.19. The molecule has 4 atom stereocenters. The summed E-state index contributed by atoms with van der Waals surface area (Å²) in [5.41, 5.74) is 0. The molecule has 3 nitrogen and oxygen atoms in total. The Morgan fingerprint density at radius 3 is 2.71 bits per heavy atom. The van der Waals surface area contributed by atoms with Gasteiger partial charge in [0.25, 0.3) is 0 Å². The van der Waals surface area contributed by atoms with Gasteiger partial charge in [-0.15, -0.1) is 0 Å². The van der Waals surface area contributed by atoms with Gasteiger partial charge in [-0.1, -0.05) is 6.92 Å². The lowest BCUT2D eigenvalue weighted by Gasteiger charge is -2.35. The number of hydrogen-bond donors (Lipinski definition) is 1. The number of methoxy groups -OCH3 is 1. The van der Waals surface area contributed by atoms with E-state index in [9.17, 15) is 0 Å². The zero-order chi connectivity index (χ0) is 12.3. The first kappa shape index (κ1) is 13.3. The van der Waals surface area contributed by atoms with Crippen LogP contribution in [0.4, 0.5) is 0 Å². The van der Waals surface area contributed by atoms with Crippen molar-refractivity contribution < 1.29 is 4.74 Å². The van der Waals surface area contributed by atoms with E-state index < -0.39 is 0 Å². The van der Waals surface area contributed by atoms with Crippen molar-refractivity contribution in [1.82, 2.24) is 10.2 Å². The summed E-state index contributed by atoms with van der Waals surface area (Å²) in [6.07, 6.45) is 5.61. The van der Waals surface area contributed by atoms with Gasteiger partial charge in [0.1, 0.15) is 0 Å². The van der Waals surface area contributed by atoms with Gasteiger partial charge in [0.15, 0.2) is 0 Å². The monoisotopic (exact) mass is 240 g/mol. The first-order valence-corrected chi connectivity index (χ1v) is 7.19. The summed E-state index contributed by atoms with van der Waals surface area (Å²) >= 11 is 0. The van der Waals surface area contributed by atoms with Gasteiger partial charge in [0, 0.05) is 25.7 Å². The molecule has 2 rings (SSSR count). The summed E-state index contributed by atoms with van der Waals surface area (Å²) in [4.78, 5) is 2.72. The molecule has 17 heavy (non-hydrogen) atoms. The van der Waals surface area contributed by atoms with E-state index in [-0.39, 0.29) is 0 Å². The molecule has 0 radical (unpaired) electrons. The Morgan fingerprint density at radius 2 is 2.00 bits per heavy atom. The van der Waals surface area contributed by atoms with Crippen LogP contribution in [0.25, 0.3) is 0 Å². The van der Waals surface area contributed by atoms with Crippen molar-refractivity contribution in [2.75, 3.05) is 26.7 Å². The molecule has 100 valence electrons. The average Bonchev–Trinajstić information content (AvgIpc) is 2.78. The van der Waals surface area contributed by atoms with Gasteiger partial charge >= 0.3 is 0 Å². The van der Waals surface area contributed by atoms with E-state index in [1.165, 1.54) is 38.8 Å². The lowest BCUT2D eigenvalue weighted by molar-refractivity contribution is 0.0904. The Bertz CT molecular complexity index is 234. The van der Waals surface area contributed by atoms with E-state index in [0.29, 0.717) is 12.1 Å². The van der Waals surface area contributed by atoms with E-state index >= 15 is 0 Å². The maximum atomic E-state index is 5.50. The van der Waals surface area contributed by atoms with Gasteiger partial charge in [-0.05, 0) is 51.6 Å². The van der Waals surface area contributed by atoms with Crippen LogP contribution in [0.1, 0.15) is 39.5 Å². The number of nitrogens with zero attached hydrogens (tertiary/aromatic N) is 1. The van der Waals surface area contributed by atoms with Gasteiger partial charge in [0.05, 0.1) is 6.10 Å². The normalized spacial score (nSPS) is 41.1. The quantitative estimate of drug-likeness (QED) is 0.797. The van der Waals surface area contributed by atoms with Crippen LogP contribution >= 0.6 is 0 Å². The number of rotatable bonds is 2. The molecule has 1 aliphatic heterocycles. The Balaban J connectivity index is 1.89. The molecule has 2 aliphatic rings. The van der Waals surface area contributed by atoms with Crippen LogP contribution < -0.4 is 5.32 Å². The summed E-state index contributed by atoms with van der Waals surface area (Å²) in [5, 5.41) is 3.61. The van der Waals surface area contributed by atoms with Crippen molar-refractivity contribution in [3.05, 3.63) is 0 Å². The predicted octanol–water partition coefficient (Wildman–Crippen LogP) is 1.87. The van der Waals surface area contributed by atoms with Crippen molar-refractivity contribution in [2.24, 2.45) is 5.92 Å². The van der Waals surface area contributed by atoms with Crippen LogP contribution in [-0.2, 0) is 4.74 Å². The molecule has 0 aromatic carbocycles. The summed E-state index contributed by atoms with van der Waals surface area (Å²) < 4.78 is 5.50. The second kappa shape index (κ2) is 6.17. The molecule has 1 saturated carbocycles. The standard InChI is InChI=1S/C14H28N2O/c1-11-9-15-12(2)6-7-16(10-11)13-4-5-14(8-13)17-3/h11-15H,4-10H2,1-3H3. The smallest absolute Gasteiger partial charge is 0.0586 e. The van der Waals surface area contributed by atoms with Crippen molar-refractivity contribution in [1.29, 1.82) is 0 Å². The van der Waals surface area contributed by atoms with E-state index in [4.69, 9.17) is 4.74 Å². The van der Waals surface area contributed by atoms with Crippen LogP contribution in [0.2, 0.25) is 0 Å². The largest absolute Gasteiger partial charge is 0.381 e. The molecular weight excluding hydrogens is 212 g/mol. The van der Waals surface area contributed by atoms with Crippen LogP contribution in [-0.4, -0.2) is 49.8 Å². The molecule has 1 N–H and O–H groups in total. The summed E-state index contributed by atoms with van der Waals surface area (Å²) in [5.74, 6) is 0.763. The molecular formula is C14H28N2O. The van der Waals surface area contributed by atoms with Gasteiger partial charge < -0.3 is 10.1 Å². The summed E-state index contributed by atoms with van der Waals surface area (Å²) in [6, 6.07) is 1.44. The maximum absolute atomic E-state index is 5.50. The minimum atomic E-state index is 0.510. The van der Waals surface area contributed by atoms with Crippen LogP contribution in [0.5, 0.6) is 0 Å². The molecule has 3 heteroatoms. The minimum Gasteiger partial charge on any atom is -0.381 e. The molecule has 1 aliphatic carbocycles. The third kappa shape index (κ3) is 3.67. The molecule has 0 aromatic heterocycles. The van der Waals surface area contributed by atoms with Crippen LogP contribution in [0, 0.1) is 5.92 Å². The average molecular weight is 240 g/mol. The van der Waals surface area contributed by atoms with Gasteiger partial charge in [-0.3, -0.25) is 4.90 Å². The molecule has 1 heterocycles. The Morgan fingerprint density at radius 1 is 1.18 bits per heavy atom. The highest BCUT2D eigenvalue weighted by Crippen LogP contribution is 2.27. The van der Waals surface area contributed by atoms with E-state index in [1.807, 2.05) is 7.11 Å². The molecule has 0 spiro atoms. The third-order valence-corrected chi connectivity index (χ3v) is 4.42. The topological polar surface area (TPSA) is 24.5 Å². The van der Waals surface area contributed by atoms with Crippen molar-refractivity contribution in [3.63, 3.8) is 0 Å². The third-order valence-electron chi connectivity index (χ3n) is 4.42. The van der Waals surface area contributed by atoms with Gasteiger partial charge in [-0.25, -0.2) is 0 Å². The second-order valence-electron chi connectivity index (χ2n) is 6.02. The maximum Gasteiger partial charge on any atom is 0.0586 e. The molecule has 0 amide bonds. The molecule has 4 unspecified atom stereocenters. The summed E-state index contributed by atoms with van der Waals surface area (Å²) in [6.45, 7) is 8.34. The lowest BCUT2D eigenvalue weighted by Crippen LogP contribution is -2.46. The van der Waals surface area contributed by atoms with Crippen molar-refractivity contribution >= 4 is 0 Å². The predicted molar refractivity (Wildman–Crippen MR) is 71.3 cm³/mol. The van der Waals surface area contributed by atoms with Crippen molar-refractivity contribution in [3.8, 4) is 0 Å². The molecule has 1 saturated heterocycles. The fourth-order valence-corrected chi connectivity index (χ4v) is 3.21. The molecule has 2 fully saturated rings. The first-order chi connectivity index (χ1) is 8.19. The van der Waals surface area contributed by atoms with Crippen molar-refractivity contribution in [2.45, 2.75) is 57.7 Å². The summed E-state index contributed by atoms with van der Waals surface area (Å²) in [7, 11) is 1.86. The van der Waals surface area contributed by atoms with Crippen LogP contribution in [0.15, 0.2) is 0 Å². The minimum absolute atomic E-state index is 0.510. The Kier molecular flexibility index (Phi) is 4.83. The fourth-order valence-electron chi connectivity index (χ4n) is 3.21. The van der Waals surface area contributed by atoms with Crippen LogP contribution in [0.3, 0.4) is 0 Å². The Hall–Kier alpha value is -0.120. The fraction of sp³-hybridized carbons (Fsp3) is 1.00. The molecule has 0 aromatic rings. The number of nitrogens with one attached hydrogen (secondary N) is 1. The van der Waals surface area contributed by atoms with Gasteiger partial charge in [0.2, 0.25) is 0 Å². The Labute approximate surface area is 106 Å². The highest BCUT2D eigenvalue weighted by atomic mass is 16.5. The lowest BCUT2D eigenvalue weighted by atomic mass is 10.0. The second-order valence-corrected chi connectivity index (χ2v) is 6.02. The van der Waals surface area contributed by atoms with E-state index in [2.05, 4.69) is 24.1 Å². The number of hydrogen-bond acceptors (Lipinski definition) is 3. The molecule has 0 bridgehead atoms. The zero-order valence-corrected chi connectivity index (χ0v) is 11.6. The van der Waals surface area contributed by atoms with E-state index in [0.717, 1.165) is 18.5 Å². The number of ether oxygens (including phenoxy) is 1. The highest BCUT2D eigenvalue weighted by molar-refractivity contribution is 4.86. The van der Waals surface area contributed by atoms with Gasteiger partial charge in [-0.2, -0.15) is 0 Å². The zero-order valence-electron chi connectivity index (χ0n) is 11.6. The van der Waals surface area contributed by atoms with E-state index in [1.54, 1.807) is 0 Å². The highest BCUT2D eigenvalue weighted by Gasteiger charge is 2.30. The SMILES string of the molecule is COC1CCC(N2CCC(C)NCC(C)C2)C1.